The second-order valence-corrected chi connectivity index (χ2v) is 9.40. The van der Waals surface area contributed by atoms with Crippen molar-refractivity contribution in [2.24, 2.45) is 5.73 Å². The first kappa shape index (κ1) is 26.0. The fraction of sp³-hybridized carbons (Fsp3) is 0.333. The number of ether oxygens (including phenoxy) is 2. The normalized spacial score (nSPS) is 15.7. The van der Waals surface area contributed by atoms with Crippen molar-refractivity contribution in [2.75, 3.05) is 51.8 Å². The monoisotopic (exact) mass is 534 g/mol. The maximum absolute atomic E-state index is 13.8. The predicted molar refractivity (Wildman–Crippen MR) is 142 cm³/mol. The summed E-state index contributed by atoms with van der Waals surface area (Å²) in [7, 11) is 3.15. The van der Waals surface area contributed by atoms with Gasteiger partial charge in [-0.25, -0.2) is 9.48 Å². The number of benzene rings is 2. The molecule has 1 aromatic heterocycles. The Balaban J connectivity index is 1.42. The number of carboxylic acid groups (broad SMARTS) is 1. The molecule has 0 saturated carbocycles. The van der Waals surface area contributed by atoms with Crippen LogP contribution >= 0.6 is 0 Å². The van der Waals surface area contributed by atoms with E-state index in [0.29, 0.717) is 79.8 Å². The van der Waals surface area contributed by atoms with Crippen LogP contribution in [-0.4, -0.2) is 89.5 Å². The standard InChI is InChI=1S/C27H30N6O6/c1-38-20-7-5-18(6-8-20)33-24-21(23(29-33)25(28)34)9-10-32(26(24)35)19-4-3-17(22(15-19)39-2)16-30-11-13-31(14-12-30)27(36)37/h3-8,15H,9-14,16H2,1-2H3,(H2,28,34)(H,36,37). The lowest BCUT2D eigenvalue weighted by Crippen LogP contribution is -2.47. The van der Waals surface area contributed by atoms with Gasteiger partial charge in [-0.15, -0.1) is 0 Å². The van der Waals surface area contributed by atoms with E-state index in [1.165, 1.54) is 9.58 Å². The van der Waals surface area contributed by atoms with Gasteiger partial charge in [-0.2, -0.15) is 5.10 Å². The summed E-state index contributed by atoms with van der Waals surface area (Å²) < 4.78 is 12.4. The van der Waals surface area contributed by atoms with Crippen molar-refractivity contribution in [2.45, 2.75) is 13.0 Å². The molecule has 12 heteroatoms. The van der Waals surface area contributed by atoms with Crippen LogP contribution in [0.15, 0.2) is 42.5 Å². The summed E-state index contributed by atoms with van der Waals surface area (Å²) in [5.74, 6) is 0.300. The molecule has 5 rings (SSSR count). The average Bonchev–Trinajstić information content (AvgIpc) is 3.35. The molecule has 2 aliphatic heterocycles. The van der Waals surface area contributed by atoms with Crippen LogP contribution < -0.4 is 20.1 Å². The highest BCUT2D eigenvalue weighted by Crippen LogP contribution is 2.32. The van der Waals surface area contributed by atoms with E-state index in [4.69, 9.17) is 15.2 Å². The number of nitrogens with zero attached hydrogens (tertiary/aromatic N) is 5. The highest BCUT2D eigenvalue weighted by atomic mass is 16.5. The van der Waals surface area contributed by atoms with Gasteiger partial charge >= 0.3 is 6.09 Å². The molecule has 3 amide bonds. The second kappa shape index (κ2) is 10.7. The number of primary amides is 1. The Kier molecular flexibility index (Phi) is 7.11. The zero-order chi connectivity index (χ0) is 27.7. The average molecular weight is 535 g/mol. The molecule has 0 radical (unpaired) electrons. The van der Waals surface area contributed by atoms with Gasteiger partial charge in [0, 0.05) is 62.1 Å². The molecule has 1 saturated heterocycles. The molecule has 3 aromatic rings. The molecule has 39 heavy (non-hydrogen) atoms. The number of rotatable bonds is 7. The van der Waals surface area contributed by atoms with Gasteiger partial charge in [0.25, 0.3) is 11.8 Å². The van der Waals surface area contributed by atoms with Crippen LogP contribution in [0, 0.1) is 0 Å². The van der Waals surface area contributed by atoms with Crippen molar-refractivity contribution >= 4 is 23.6 Å². The van der Waals surface area contributed by atoms with Gasteiger partial charge in [0.15, 0.2) is 5.69 Å². The molecule has 2 aliphatic rings. The molecule has 0 atom stereocenters. The first-order valence-corrected chi connectivity index (χ1v) is 12.6. The van der Waals surface area contributed by atoms with Crippen LogP contribution in [0.3, 0.4) is 0 Å². The summed E-state index contributed by atoms with van der Waals surface area (Å²) in [5, 5.41) is 13.6. The van der Waals surface area contributed by atoms with Gasteiger partial charge in [0.2, 0.25) is 0 Å². The summed E-state index contributed by atoms with van der Waals surface area (Å²) in [6.07, 6.45) is -0.491. The van der Waals surface area contributed by atoms with Crippen molar-refractivity contribution in [1.82, 2.24) is 19.6 Å². The maximum Gasteiger partial charge on any atom is 0.407 e. The lowest BCUT2D eigenvalue weighted by atomic mass is 10.0. The number of nitrogens with two attached hydrogens (primary N) is 1. The Labute approximate surface area is 225 Å². The number of carbonyl (C=O) groups is 3. The molecular weight excluding hydrogens is 504 g/mol. The summed E-state index contributed by atoms with van der Waals surface area (Å²) in [6, 6.07) is 12.7. The minimum atomic E-state index is -0.901. The van der Waals surface area contributed by atoms with Crippen LogP contribution in [0.1, 0.15) is 32.1 Å². The van der Waals surface area contributed by atoms with E-state index in [-0.39, 0.29) is 11.6 Å². The highest BCUT2D eigenvalue weighted by molar-refractivity contribution is 6.09. The molecule has 12 nitrogen and oxygen atoms in total. The minimum absolute atomic E-state index is 0.0877. The maximum atomic E-state index is 13.8. The Hall–Kier alpha value is -4.58. The van der Waals surface area contributed by atoms with Gasteiger partial charge in [-0.3, -0.25) is 14.5 Å². The molecule has 0 unspecified atom stereocenters. The molecule has 204 valence electrons. The topological polar surface area (TPSA) is 143 Å². The van der Waals surface area contributed by atoms with Gasteiger partial charge in [-0.1, -0.05) is 6.07 Å². The van der Waals surface area contributed by atoms with Crippen LogP contribution in [0.5, 0.6) is 11.5 Å². The Morgan fingerprint density at radius 2 is 1.67 bits per heavy atom. The second-order valence-electron chi connectivity index (χ2n) is 9.40. The fourth-order valence-electron chi connectivity index (χ4n) is 5.08. The SMILES string of the molecule is COc1ccc(-n2nc(C(N)=O)c3c2C(=O)N(c2ccc(CN4CCN(C(=O)O)CC4)c(OC)c2)CC3)cc1. The molecule has 3 heterocycles. The van der Waals surface area contributed by atoms with E-state index < -0.39 is 12.0 Å². The number of fused-ring (bicyclic) bond motifs is 1. The number of hydrogen-bond acceptors (Lipinski definition) is 7. The number of amides is 3. The predicted octanol–water partition coefficient (Wildman–Crippen LogP) is 1.99. The van der Waals surface area contributed by atoms with Gasteiger partial charge < -0.3 is 30.1 Å². The quantitative estimate of drug-likeness (QED) is 0.468. The lowest BCUT2D eigenvalue weighted by Gasteiger charge is -2.33. The van der Waals surface area contributed by atoms with Crippen LogP contribution in [0.4, 0.5) is 10.5 Å². The zero-order valence-corrected chi connectivity index (χ0v) is 21.8. The van der Waals surface area contributed by atoms with Crippen LogP contribution in [-0.2, 0) is 13.0 Å². The third-order valence-electron chi connectivity index (χ3n) is 7.19. The third-order valence-corrected chi connectivity index (χ3v) is 7.19. The van der Waals surface area contributed by atoms with Gasteiger partial charge in [0.1, 0.15) is 17.2 Å². The molecule has 0 aliphatic carbocycles. The Morgan fingerprint density at radius 1 is 0.974 bits per heavy atom. The molecular formula is C27H30N6O6. The number of methoxy groups -OCH3 is 2. The van der Waals surface area contributed by atoms with E-state index in [2.05, 4.69) is 10.00 Å². The van der Waals surface area contributed by atoms with Crippen molar-refractivity contribution in [3.05, 3.63) is 65.0 Å². The van der Waals surface area contributed by atoms with E-state index in [1.807, 2.05) is 18.2 Å². The fourth-order valence-corrected chi connectivity index (χ4v) is 5.08. The number of hydrogen-bond donors (Lipinski definition) is 2. The van der Waals surface area contributed by atoms with Crippen LogP contribution in [0.25, 0.3) is 5.69 Å². The number of aromatic nitrogens is 2. The Bertz CT molecular complexity index is 1410. The molecule has 2 aromatic carbocycles. The summed E-state index contributed by atoms with van der Waals surface area (Å²) in [5.41, 5.74) is 8.72. The number of carbonyl (C=O) groups excluding carboxylic acids is 2. The van der Waals surface area contributed by atoms with Crippen molar-refractivity contribution in [3.63, 3.8) is 0 Å². The van der Waals surface area contributed by atoms with Crippen molar-refractivity contribution in [3.8, 4) is 17.2 Å². The van der Waals surface area contributed by atoms with E-state index >= 15 is 0 Å². The third kappa shape index (κ3) is 4.98. The molecule has 1 fully saturated rings. The first-order valence-electron chi connectivity index (χ1n) is 12.6. The zero-order valence-electron chi connectivity index (χ0n) is 21.8. The summed E-state index contributed by atoms with van der Waals surface area (Å²) in [4.78, 5) is 42.4. The smallest absolute Gasteiger partial charge is 0.407 e. The minimum Gasteiger partial charge on any atom is -0.497 e. The van der Waals surface area contributed by atoms with Crippen molar-refractivity contribution < 1.29 is 29.0 Å². The highest BCUT2D eigenvalue weighted by Gasteiger charge is 2.35. The van der Waals surface area contributed by atoms with Gasteiger partial charge in [0.05, 0.1) is 19.9 Å². The van der Waals surface area contributed by atoms with Crippen LogP contribution in [0.2, 0.25) is 0 Å². The number of anilines is 1. The van der Waals surface area contributed by atoms with Gasteiger partial charge in [-0.05, 0) is 36.8 Å². The Morgan fingerprint density at radius 3 is 2.28 bits per heavy atom. The van der Waals surface area contributed by atoms with E-state index in [1.54, 1.807) is 43.4 Å². The summed E-state index contributed by atoms with van der Waals surface area (Å²) >= 11 is 0. The molecule has 0 spiro atoms. The number of piperazine rings is 1. The van der Waals surface area contributed by atoms with E-state index in [0.717, 1.165) is 5.56 Å². The van der Waals surface area contributed by atoms with E-state index in [9.17, 15) is 19.5 Å². The molecule has 0 bridgehead atoms. The lowest BCUT2D eigenvalue weighted by molar-refractivity contribution is 0.0971. The summed E-state index contributed by atoms with van der Waals surface area (Å²) in [6.45, 7) is 3.11. The first-order chi connectivity index (χ1) is 18.8. The largest absolute Gasteiger partial charge is 0.497 e. The molecule has 3 N–H and O–H groups in total. The van der Waals surface area contributed by atoms with Crippen molar-refractivity contribution in [1.29, 1.82) is 0 Å².